The van der Waals surface area contributed by atoms with E-state index >= 15 is 0 Å². The van der Waals surface area contributed by atoms with E-state index in [1.54, 1.807) is 23.9 Å². The SMILES string of the molecule is Cc1ccc(F)cc1CSCC(C)CO. The van der Waals surface area contributed by atoms with Crippen molar-refractivity contribution in [2.24, 2.45) is 5.92 Å². The summed E-state index contributed by atoms with van der Waals surface area (Å²) in [6, 6.07) is 4.88. The van der Waals surface area contributed by atoms with Crippen molar-refractivity contribution in [1.82, 2.24) is 0 Å². The molecule has 0 amide bonds. The van der Waals surface area contributed by atoms with E-state index in [4.69, 9.17) is 5.11 Å². The summed E-state index contributed by atoms with van der Waals surface area (Å²) in [6.45, 7) is 4.21. The zero-order chi connectivity index (χ0) is 11.3. The Morgan fingerprint density at radius 3 is 2.87 bits per heavy atom. The summed E-state index contributed by atoms with van der Waals surface area (Å²) in [4.78, 5) is 0. The number of halogens is 1. The van der Waals surface area contributed by atoms with Crippen LogP contribution in [-0.4, -0.2) is 17.5 Å². The second kappa shape index (κ2) is 6.13. The molecule has 0 bridgehead atoms. The second-order valence-electron chi connectivity index (χ2n) is 3.87. The third kappa shape index (κ3) is 4.22. The van der Waals surface area contributed by atoms with E-state index < -0.39 is 0 Å². The highest BCUT2D eigenvalue weighted by Gasteiger charge is 2.03. The molecule has 0 heterocycles. The van der Waals surface area contributed by atoms with E-state index in [-0.39, 0.29) is 12.4 Å². The highest BCUT2D eigenvalue weighted by atomic mass is 32.2. The van der Waals surface area contributed by atoms with Crippen molar-refractivity contribution in [1.29, 1.82) is 0 Å². The van der Waals surface area contributed by atoms with Gasteiger partial charge in [0.05, 0.1) is 0 Å². The molecule has 1 nitrogen and oxygen atoms in total. The molecule has 84 valence electrons. The van der Waals surface area contributed by atoms with Gasteiger partial charge in [0.15, 0.2) is 0 Å². The first-order valence-electron chi connectivity index (χ1n) is 5.07. The van der Waals surface area contributed by atoms with E-state index in [9.17, 15) is 4.39 Å². The Bertz CT molecular complexity index is 314. The predicted octanol–water partition coefficient (Wildman–Crippen LogP) is 3.00. The molecule has 1 unspecified atom stereocenters. The largest absolute Gasteiger partial charge is 0.396 e. The zero-order valence-corrected chi connectivity index (χ0v) is 9.98. The van der Waals surface area contributed by atoms with Gasteiger partial charge in [-0.15, -0.1) is 0 Å². The summed E-state index contributed by atoms with van der Waals surface area (Å²) in [5.74, 6) is 1.86. The molecule has 3 heteroatoms. The summed E-state index contributed by atoms with van der Waals surface area (Å²) in [5, 5.41) is 8.86. The average Bonchev–Trinajstić information content (AvgIpc) is 2.23. The molecule has 0 aliphatic rings. The summed E-state index contributed by atoms with van der Waals surface area (Å²) < 4.78 is 12.9. The molecule has 0 radical (unpaired) electrons. The first-order chi connectivity index (χ1) is 7.13. The van der Waals surface area contributed by atoms with Crippen molar-refractivity contribution in [2.75, 3.05) is 12.4 Å². The third-order valence-corrected chi connectivity index (χ3v) is 3.60. The van der Waals surface area contributed by atoms with Crippen LogP contribution in [0.3, 0.4) is 0 Å². The topological polar surface area (TPSA) is 20.2 Å². The van der Waals surface area contributed by atoms with Crippen LogP contribution in [0.1, 0.15) is 18.1 Å². The van der Waals surface area contributed by atoms with Crippen molar-refractivity contribution < 1.29 is 9.50 Å². The zero-order valence-electron chi connectivity index (χ0n) is 9.16. The molecular formula is C12H17FOS. The fourth-order valence-electron chi connectivity index (χ4n) is 1.22. The number of aliphatic hydroxyl groups is 1. The fourth-order valence-corrected chi connectivity index (χ4v) is 2.37. The smallest absolute Gasteiger partial charge is 0.123 e. The summed E-state index contributed by atoms with van der Waals surface area (Å²) >= 11 is 1.74. The number of aryl methyl sites for hydroxylation is 1. The summed E-state index contributed by atoms with van der Waals surface area (Å²) in [6.07, 6.45) is 0. The van der Waals surface area contributed by atoms with E-state index in [2.05, 4.69) is 0 Å². The Morgan fingerprint density at radius 2 is 2.20 bits per heavy atom. The molecule has 0 aliphatic carbocycles. The van der Waals surface area contributed by atoms with Crippen LogP contribution in [0.5, 0.6) is 0 Å². The first-order valence-corrected chi connectivity index (χ1v) is 6.22. The minimum Gasteiger partial charge on any atom is -0.396 e. The molecule has 1 rings (SSSR count). The van der Waals surface area contributed by atoms with Gasteiger partial charge in [-0.2, -0.15) is 11.8 Å². The number of hydrogen-bond donors (Lipinski definition) is 1. The normalized spacial score (nSPS) is 12.8. The van der Waals surface area contributed by atoms with Crippen molar-refractivity contribution >= 4 is 11.8 Å². The maximum atomic E-state index is 12.9. The Morgan fingerprint density at radius 1 is 1.47 bits per heavy atom. The van der Waals surface area contributed by atoms with Crippen molar-refractivity contribution in [3.63, 3.8) is 0 Å². The van der Waals surface area contributed by atoms with Gasteiger partial charge in [0, 0.05) is 12.4 Å². The van der Waals surface area contributed by atoms with Crippen LogP contribution >= 0.6 is 11.8 Å². The van der Waals surface area contributed by atoms with Gasteiger partial charge < -0.3 is 5.11 Å². The van der Waals surface area contributed by atoms with E-state index in [1.807, 2.05) is 13.8 Å². The molecule has 15 heavy (non-hydrogen) atoms. The van der Waals surface area contributed by atoms with Gasteiger partial charge >= 0.3 is 0 Å². The number of benzene rings is 1. The van der Waals surface area contributed by atoms with Crippen LogP contribution in [0.15, 0.2) is 18.2 Å². The number of hydrogen-bond acceptors (Lipinski definition) is 2. The highest BCUT2D eigenvalue weighted by molar-refractivity contribution is 7.98. The van der Waals surface area contributed by atoms with Gasteiger partial charge in [-0.25, -0.2) is 4.39 Å². The average molecular weight is 228 g/mol. The molecule has 0 saturated heterocycles. The lowest BCUT2D eigenvalue weighted by molar-refractivity contribution is 0.250. The van der Waals surface area contributed by atoms with E-state index in [0.717, 1.165) is 22.6 Å². The van der Waals surface area contributed by atoms with Crippen LogP contribution in [0.25, 0.3) is 0 Å². The Kier molecular flexibility index (Phi) is 5.12. The van der Waals surface area contributed by atoms with Gasteiger partial charge in [0.2, 0.25) is 0 Å². The Hall–Kier alpha value is -0.540. The van der Waals surface area contributed by atoms with Gasteiger partial charge in [-0.1, -0.05) is 13.0 Å². The molecule has 1 atom stereocenters. The monoisotopic (exact) mass is 228 g/mol. The maximum absolute atomic E-state index is 12.9. The van der Waals surface area contributed by atoms with Gasteiger partial charge in [-0.05, 0) is 41.9 Å². The quantitative estimate of drug-likeness (QED) is 0.836. The van der Waals surface area contributed by atoms with Crippen LogP contribution < -0.4 is 0 Å². The van der Waals surface area contributed by atoms with Crippen LogP contribution in [-0.2, 0) is 5.75 Å². The standard InChI is InChI=1S/C12H17FOS/c1-9(6-14)7-15-8-11-5-12(13)4-3-10(11)2/h3-5,9,14H,6-8H2,1-2H3. The second-order valence-corrected chi connectivity index (χ2v) is 4.90. The molecule has 1 aromatic rings. The van der Waals surface area contributed by atoms with Crippen molar-refractivity contribution in [2.45, 2.75) is 19.6 Å². The fraction of sp³-hybridized carbons (Fsp3) is 0.500. The lowest BCUT2D eigenvalue weighted by Gasteiger charge is -2.09. The number of rotatable bonds is 5. The molecule has 0 fully saturated rings. The van der Waals surface area contributed by atoms with E-state index in [0.29, 0.717) is 5.92 Å². The minimum atomic E-state index is -0.175. The first kappa shape index (κ1) is 12.5. The maximum Gasteiger partial charge on any atom is 0.123 e. The van der Waals surface area contributed by atoms with Crippen LogP contribution in [0.2, 0.25) is 0 Å². The number of thioether (sulfide) groups is 1. The van der Waals surface area contributed by atoms with Gasteiger partial charge in [-0.3, -0.25) is 0 Å². The number of aliphatic hydroxyl groups excluding tert-OH is 1. The molecule has 1 N–H and O–H groups in total. The lowest BCUT2D eigenvalue weighted by atomic mass is 10.1. The lowest BCUT2D eigenvalue weighted by Crippen LogP contribution is -2.03. The van der Waals surface area contributed by atoms with Crippen LogP contribution in [0.4, 0.5) is 4.39 Å². The molecule has 0 aliphatic heterocycles. The molecule has 0 saturated carbocycles. The Labute approximate surface area is 94.7 Å². The molecule has 0 aromatic heterocycles. The van der Waals surface area contributed by atoms with Crippen molar-refractivity contribution in [3.8, 4) is 0 Å². The predicted molar refractivity (Wildman–Crippen MR) is 63.5 cm³/mol. The van der Waals surface area contributed by atoms with Crippen LogP contribution in [0, 0.1) is 18.7 Å². The van der Waals surface area contributed by atoms with Crippen molar-refractivity contribution in [3.05, 3.63) is 35.1 Å². The highest BCUT2D eigenvalue weighted by Crippen LogP contribution is 2.19. The summed E-state index contributed by atoms with van der Waals surface area (Å²) in [5.41, 5.74) is 2.17. The molecule has 1 aromatic carbocycles. The molecule has 0 spiro atoms. The molecular weight excluding hydrogens is 211 g/mol. The van der Waals surface area contributed by atoms with E-state index in [1.165, 1.54) is 6.07 Å². The third-order valence-electron chi connectivity index (χ3n) is 2.28. The van der Waals surface area contributed by atoms with Gasteiger partial charge in [0.1, 0.15) is 5.82 Å². The minimum absolute atomic E-state index is 0.175. The Balaban J connectivity index is 2.46. The summed E-state index contributed by atoms with van der Waals surface area (Å²) in [7, 11) is 0. The van der Waals surface area contributed by atoms with Gasteiger partial charge in [0.25, 0.3) is 0 Å².